The second-order valence-electron chi connectivity index (χ2n) is 6.77. The number of hydrogen-bond acceptors (Lipinski definition) is 4. The summed E-state index contributed by atoms with van der Waals surface area (Å²) in [5.74, 6) is 0.586. The molecule has 2 aliphatic heterocycles. The number of rotatable bonds is 3. The number of fused-ring (bicyclic) bond motifs is 1. The predicted octanol–water partition coefficient (Wildman–Crippen LogP) is 2.62. The van der Waals surface area contributed by atoms with Crippen molar-refractivity contribution in [2.75, 3.05) is 28.4 Å². The van der Waals surface area contributed by atoms with Crippen LogP contribution in [0.4, 0.5) is 16.2 Å². The van der Waals surface area contributed by atoms with Crippen LogP contribution in [-0.2, 0) is 9.84 Å². The predicted molar refractivity (Wildman–Crippen MR) is 101 cm³/mol. The van der Waals surface area contributed by atoms with E-state index in [0.29, 0.717) is 11.4 Å². The SMILES string of the molecule is COc1cccc(N2C(=O)N(c3cccc(C)c3)[C@H]3CS(=O)(=O)C[C@H]32)c1. The van der Waals surface area contributed by atoms with E-state index in [1.165, 1.54) is 0 Å². The molecule has 0 unspecified atom stereocenters. The Kier molecular flexibility index (Phi) is 3.91. The minimum Gasteiger partial charge on any atom is -0.497 e. The Bertz CT molecular complexity index is 973. The first-order valence-corrected chi connectivity index (χ1v) is 10.3. The standard InChI is InChI=1S/C19H20N2O4S/c1-13-5-3-6-14(9-13)20-17-11-26(23,24)12-18(17)21(19(20)22)15-7-4-8-16(10-15)25-2/h3-10,17-18H,11-12H2,1-2H3/t17-,18+/m0/s1. The van der Waals surface area contributed by atoms with E-state index in [0.717, 1.165) is 11.3 Å². The minimum atomic E-state index is -3.20. The van der Waals surface area contributed by atoms with Gasteiger partial charge in [0.25, 0.3) is 0 Å². The number of aryl methyl sites for hydroxylation is 1. The van der Waals surface area contributed by atoms with Crippen LogP contribution < -0.4 is 14.5 Å². The highest BCUT2D eigenvalue weighted by atomic mass is 32.2. The first kappa shape index (κ1) is 16.9. The Labute approximate surface area is 152 Å². The summed E-state index contributed by atoms with van der Waals surface area (Å²) in [6, 6.07) is 13.8. The lowest BCUT2D eigenvalue weighted by molar-refractivity contribution is 0.255. The van der Waals surface area contributed by atoms with Gasteiger partial charge in [-0.15, -0.1) is 0 Å². The van der Waals surface area contributed by atoms with Crippen molar-refractivity contribution in [3.05, 3.63) is 54.1 Å². The van der Waals surface area contributed by atoms with E-state index in [1.54, 1.807) is 35.1 Å². The van der Waals surface area contributed by atoms with Crippen LogP contribution in [0, 0.1) is 6.92 Å². The molecule has 26 heavy (non-hydrogen) atoms. The third-order valence-corrected chi connectivity index (χ3v) is 6.68. The van der Waals surface area contributed by atoms with Crippen LogP contribution in [0.1, 0.15) is 5.56 Å². The molecule has 2 atom stereocenters. The van der Waals surface area contributed by atoms with Gasteiger partial charge in [0.2, 0.25) is 0 Å². The van der Waals surface area contributed by atoms with Crippen molar-refractivity contribution < 1.29 is 17.9 Å². The summed E-state index contributed by atoms with van der Waals surface area (Å²) >= 11 is 0. The number of anilines is 2. The quantitative estimate of drug-likeness (QED) is 0.777. The second-order valence-corrected chi connectivity index (χ2v) is 8.93. The lowest BCUT2D eigenvalue weighted by atomic mass is 10.1. The number of amides is 2. The summed E-state index contributed by atoms with van der Waals surface area (Å²) in [7, 11) is -1.64. The molecule has 0 aromatic heterocycles. The molecular weight excluding hydrogens is 352 g/mol. The normalized spacial score (nSPS) is 24.0. The van der Waals surface area contributed by atoms with Crippen molar-refractivity contribution >= 4 is 27.2 Å². The van der Waals surface area contributed by atoms with E-state index < -0.39 is 15.9 Å². The first-order chi connectivity index (χ1) is 12.4. The Morgan fingerprint density at radius 1 is 0.962 bits per heavy atom. The number of methoxy groups -OCH3 is 1. The van der Waals surface area contributed by atoms with Gasteiger partial charge in [-0.2, -0.15) is 0 Å². The average molecular weight is 372 g/mol. The summed E-state index contributed by atoms with van der Waals surface area (Å²) in [4.78, 5) is 16.5. The Balaban J connectivity index is 1.81. The van der Waals surface area contributed by atoms with Gasteiger partial charge in [0.15, 0.2) is 9.84 Å². The van der Waals surface area contributed by atoms with E-state index in [4.69, 9.17) is 4.74 Å². The molecule has 2 saturated heterocycles. The van der Waals surface area contributed by atoms with Gasteiger partial charge in [-0.3, -0.25) is 9.80 Å². The van der Waals surface area contributed by atoms with Gasteiger partial charge in [-0.1, -0.05) is 18.2 Å². The fraction of sp³-hybridized carbons (Fsp3) is 0.316. The van der Waals surface area contributed by atoms with Crippen LogP contribution in [0.5, 0.6) is 5.75 Å². The molecule has 6 nitrogen and oxygen atoms in total. The third kappa shape index (κ3) is 2.72. The molecule has 2 aliphatic rings. The topological polar surface area (TPSA) is 66.9 Å². The molecule has 136 valence electrons. The van der Waals surface area contributed by atoms with Gasteiger partial charge >= 0.3 is 6.03 Å². The van der Waals surface area contributed by atoms with E-state index in [-0.39, 0.29) is 23.6 Å². The maximum atomic E-state index is 13.3. The molecule has 0 saturated carbocycles. The van der Waals surface area contributed by atoms with Crippen LogP contribution in [0.3, 0.4) is 0 Å². The second kappa shape index (κ2) is 6.02. The smallest absolute Gasteiger partial charge is 0.329 e. The van der Waals surface area contributed by atoms with Crippen molar-refractivity contribution in [3.63, 3.8) is 0 Å². The maximum absolute atomic E-state index is 13.3. The van der Waals surface area contributed by atoms with Crippen LogP contribution in [0.2, 0.25) is 0 Å². The van der Waals surface area contributed by atoms with E-state index in [9.17, 15) is 13.2 Å². The molecule has 4 rings (SSSR count). The third-order valence-electron chi connectivity index (χ3n) is 4.98. The molecular formula is C19H20N2O4S. The maximum Gasteiger partial charge on any atom is 0.329 e. The molecule has 0 spiro atoms. The number of hydrogen-bond donors (Lipinski definition) is 0. The zero-order valence-electron chi connectivity index (χ0n) is 14.6. The van der Waals surface area contributed by atoms with Gasteiger partial charge in [0.1, 0.15) is 5.75 Å². The van der Waals surface area contributed by atoms with Crippen molar-refractivity contribution in [1.82, 2.24) is 0 Å². The van der Waals surface area contributed by atoms with Crippen molar-refractivity contribution in [2.24, 2.45) is 0 Å². The highest BCUT2D eigenvalue weighted by Crippen LogP contribution is 2.38. The zero-order valence-corrected chi connectivity index (χ0v) is 15.4. The minimum absolute atomic E-state index is 0.0161. The summed E-state index contributed by atoms with van der Waals surface area (Å²) in [5.41, 5.74) is 2.40. The molecule has 0 aliphatic carbocycles. The van der Waals surface area contributed by atoms with Gasteiger partial charge in [-0.05, 0) is 36.8 Å². The average Bonchev–Trinajstić information content (AvgIpc) is 3.03. The lowest BCUT2D eigenvalue weighted by Crippen LogP contribution is -2.37. The highest BCUT2D eigenvalue weighted by molar-refractivity contribution is 7.91. The number of carbonyl (C=O) groups excluding carboxylic acids is 1. The zero-order chi connectivity index (χ0) is 18.5. The van der Waals surface area contributed by atoms with E-state index in [2.05, 4.69) is 0 Å². The fourth-order valence-electron chi connectivity index (χ4n) is 3.85. The number of sulfone groups is 1. The van der Waals surface area contributed by atoms with Crippen LogP contribution in [0.25, 0.3) is 0 Å². The molecule has 2 amide bonds. The van der Waals surface area contributed by atoms with Crippen molar-refractivity contribution in [2.45, 2.75) is 19.0 Å². The van der Waals surface area contributed by atoms with Crippen LogP contribution in [0.15, 0.2) is 48.5 Å². The fourth-order valence-corrected chi connectivity index (χ4v) is 5.76. The Hall–Kier alpha value is -2.54. The molecule has 2 aromatic carbocycles. The van der Waals surface area contributed by atoms with E-state index in [1.807, 2.05) is 37.3 Å². The summed E-state index contributed by atoms with van der Waals surface area (Å²) in [5, 5.41) is 0. The summed E-state index contributed by atoms with van der Waals surface area (Å²) < 4.78 is 29.9. The molecule has 0 radical (unpaired) electrons. The molecule has 0 bridgehead atoms. The Morgan fingerprint density at radius 3 is 2.12 bits per heavy atom. The largest absolute Gasteiger partial charge is 0.497 e. The summed E-state index contributed by atoms with van der Waals surface area (Å²) in [6.45, 7) is 1.95. The Morgan fingerprint density at radius 2 is 1.54 bits per heavy atom. The monoisotopic (exact) mass is 372 g/mol. The van der Waals surface area contributed by atoms with E-state index >= 15 is 0 Å². The van der Waals surface area contributed by atoms with Crippen molar-refractivity contribution in [1.29, 1.82) is 0 Å². The molecule has 2 fully saturated rings. The van der Waals surface area contributed by atoms with Crippen molar-refractivity contribution in [3.8, 4) is 5.75 Å². The molecule has 2 heterocycles. The number of benzene rings is 2. The van der Waals surface area contributed by atoms with Crippen LogP contribution >= 0.6 is 0 Å². The van der Waals surface area contributed by atoms with Gasteiger partial charge in [-0.25, -0.2) is 13.2 Å². The van der Waals surface area contributed by atoms with Gasteiger partial charge < -0.3 is 4.74 Å². The number of urea groups is 1. The number of ether oxygens (including phenoxy) is 1. The summed E-state index contributed by atoms with van der Waals surface area (Å²) in [6.07, 6.45) is 0. The van der Waals surface area contributed by atoms with Gasteiger partial charge in [0, 0.05) is 17.4 Å². The first-order valence-electron chi connectivity index (χ1n) is 8.43. The molecule has 7 heteroatoms. The molecule has 2 aromatic rings. The number of nitrogens with zero attached hydrogens (tertiary/aromatic N) is 2. The van der Waals surface area contributed by atoms with Gasteiger partial charge in [0.05, 0.1) is 30.7 Å². The molecule has 0 N–H and O–H groups in total. The number of carbonyl (C=O) groups is 1. The lowest BCUT2D eigenvalue weighted by Gasteiger charge is -2.23. The van der Waals surface area contributed by atoms with Crippen LogP contribution in [-0.4, -0.2) is 45.1 Å². The highest BCUT2D eigenvalue weighted by Gasteiger charge is 2.54.